The number of rotatable bonds is 5. The quantitative estimate of drug-likeness (QED) is 0.481. The predicted octanol–water partition coefficient (Wildman–Crippen LogP) is -0.538. The first kappa shape index (κ1) is 12.1. The van der Waals surface area contributed by atoms with Crippen LogP contribution in [0.1, 0.15) is 6.42 Å². The van der Waals surface area contributed by atoms with Crippen molar-refractivity contribution in [3.63, 3.8) is 0 Å². The molecule has 0 amide bonds. The lowest BCUT2D eigenvalue weighted by Gasteiger charge is -2.04. The number of hydrogen-bond donors (Lipinski definition) is 3. The minimum absolute atomic E-state index is 0.305. The minimum Gasteiger partial charge on any atom is -0.368 e. The Balaban J connectivity index is 2.42. The van der Waals surface area contributed by atoms with Gasteiger partial charge in [-0.3, -0.25) is 4.57 Å². The van der Waals surface area contributed by atoms with Crippen molar-refractivity contribution in [2.45, 2.75) is 13.0 Å². The van der Waals surface area contributed by atoms with Crippen LogP contribution in [0.5, 0.6) is 0 Å². The van der Waals surface area contributed by atoms with Gasteiger partial charge in [-0.15, -0.1) is 5.10 Å². The molecule has 1 rings (SSSR count). The Hall–Kier alpha value is -0.930. The number of H-pyrrole nitrogens is 1. The molecule has 1 aromatic rings. The minimum atomic E-state index is -3.13. The topological polar surface area (TPSA) is 106 Å². The maximum absolute atomic E-state index is 10.7. The molecular formula is C6H13N5O2S2. The summed E-state index contributed by atoms with van der Waals surface area (Å²) in [6.07, 6.45) is 1.72. The van der Waals surface area contributed by atoms with E-state index in [1.807, 2.05) is 0 Å². The molecule has 9 heteroatoms. The zero-order valence-corrected chi connectivity index (χ0v) is 9.86. The molecule has 0 saturated carbocycles. The van der Waals surface area contributed by atoms with Crippen LogP contribution in [-0.2, 0) is 16.6 Å². The second-order valence-corrected chi connectivity index (χ2v) is 5.28. The highest BCUT2D eigenvalue weighted by Gasteiger charge is 2.02. The molecule has 0 fully saturated rings. The molecule has 0 bridgehead atoms. The van der Waals surface area contributed by atoms with Gasteiger partial charge in [-0.25, -0.2) is 18.2 Å². The lowest BCUT2D eigenvalue weighted by Crippen LogP contribution is -2.24. The van der Waals surface area contributed by atoms with Gasteiger partial charge < -0.3 is 5.73 Å². The van der Waals surface area contributed by atoms with Gasteiger partial charge in [-0.1, -0.05) is 0 Å². The first-order chi connectivity index (χ1) is 6.90. The Bertz CT molecular complexity index is 474. The Kier molecular flexibility index (Phi) is 3.83. The van der Waals surface area contributed by atoms with Crippen LogP contribution < -0.4 is 10.5 Å². The van der Waals surface area contributed by atoms with Gasteiger partial charge in [-0.2, -0.15) is 0 Å². The molecule has 15 heavy (non-hydrogen) atoms. The normalized spacial score (nSPS) is 11.8. The number of nitrogens with zero attached hydrogens (tertiary/aromatic N) is 2. The molecular weight excluding hydrogens is 238 g/mol. The van der Waals surface area contributed by atoms with Gasteiger partial charge in [0, 0.05) is 13.1 Å². The van der Waals surface area contributed by atoms with Gasteiger partial charge in [0.2, 0.25) is 16.0 Å². The fourth-order valence-corrected chi connectivity index (χ4v) is 1.79. The lowest BCUT2D eigenvalue weighted by molar-refractivity contribution is 0.575. The molecule has 0 aliphatic heterocycles. The highest BCUT2D eigenvalue weighted by molar-refractivity contribution is 7.88. The zero-order valence-electron chi connectivity index (χ0n) is 8.23. The fraction of sp³-hybridized carbons (Fsp3) is 0.667. The zero-order chi connectivity index (χ0) is 11.5. The van der Waals surface area contributed by atoms with E-state index >= 15 is 0 Å². The molecule has 86 valence electrons. The maximum Gasteiger partial charge on any atom is 0.220 e. The van der Waals surface area contributed by atoms with Crippen LogP contribution >= 0.6 is 12.2 Å². The van der Waals surface area contributed by atoms with E-state index in [9.17, 15) is 8.42 Å². The van der Waals surface area contributed by atoms with Crippen molar-refractivity contribution < 1.29 is 8.42 Å². The van der Waals surface area contributed by atoms with E-state index in [1.54, 1.807) is 4.57 Å². The van der Waals surface area contributed by atoms with Gasteiger partial charge in [0.1, 0.15) is 0 Å². The summed E-state index contributed by atoms with van der Waals surface area (Å²) in [6, 6.07) is 0. The third kappa shape index (κ3) is 3.98. The summed E-state index contributed by atoms with van der Waals surface area (Å²) < 4.78 is 25.9. The van der Waals surface area contributed by atoms with Crippen LogP contribution in [0.4, 0.5) is 5.95 Å². The largest absolute Gasteiger partial charge is 0.368 e. The van der Waals surface area contributed by atoms with Crippen LogP contribution in [0, 0.1) is 4.77 Å². The van der Waals surface area contributed by atoms with Gasteiger partial charge in [-0.05, 0) is 18.6 Å². The average Bonchev–Trinajstić information content (AvgIpc) is 2.40. The standard InChI is InChI=1S/C6H13N5O2S2/c1-15(12,13)8-3-2-4-11-5(7)9-10-6(11)14/h8H,2-4H2,1H3,(H2,7,9)(H,10,14). The Morgan fingerprint density at radius 1 is 1.67 bits per heavy atom. The van der Waals surface area contributed by atoms with E-state index in [0.717, 1.165) is 6.26 Å². The first-order valence-corrected chi connectivity index (χ1v) is 6.55. The molecule has 0 aromatic carbocycles. The molecule has 0 radical (unpaired) electrons. The number of sulfonamides is 1. The van der Waals surface area contributed by atoms with Crippen molar-refractivity contribution in [2.24, 2.45) is 0 Å². The van der Waals surface area contributed by atoms with Gasteiger partial charge in [0.05, 0.1) is 6.26 Å². The Labute approximate surface area is 92.7 Å². The summed E-state index contributed by atoms with van der Waals surface area (Å²) in [5.74, 6) is 0.305. The third-order valence-corrected chi connectivity index (χ3v) is 2.75. The molecule has 1 heterocycles. The van der Waals surface area contributed by atoms with Crippen molar-refractivity contribution in [1.29, 1.82) is 0 Å². The number of hydrogen-bond acceptors (Lipinski definition) is 5. The summed E-state index contributed by atoms with van der Waals surface area (Å²) in [6.45, 7) is 0.884. The van der Waals surface area contributed by atoms with Crippen molar-refractivity contribution in [1.82, 2.24) is 19.5 Å². The van der Waals surface area contributed by atoms with Gasteiger partial charge in [0.15, 0.2) is 4.77 Å². The number of nitrogens with two attached hydrogens (primary N) is 1. The summed E-state index contributed by atoms with van der Waals surface area (Å²) in [7, 11) is -3.13. The van der Waals surface area contributed by atoms with Crippen LogP contribution in [-0.4, -0.2) is 36.0 Å². The molecule has 0 saturated heterocycles. The van der Waals surface area contributed by atoms with Crippen LogP contribution in [0.2, 0.25) is 0 Å². The number of anilines is 1. The second-order valence-electron chi connectivity index (χ2n) is 3.06. The van der Waals surface area contributed by atoms with E-state index in [2.05, 4.69) is 14.9 Å². The second kappa shape index (κ2) is 4.73. The Morgan fingerprint density at radius 3 is 2.80 bits per heavy atom. The highest BCUT2D eigenvalue weighted by Crippen LogP contribution is 1.99. The number of nitrogens with one attached hydrogen (secondary N) is 2. The van der Waals surface area contributed by atoms with E-state index in [1.165, 1.54) is 0 Å². The summed E-state index contributed by atoms with van der Waals surface area (Å²) in [5, 5.41) is 6.27. The number of aromatic nitrogens is 3. The van der Waals surface area contributed by atoms with Crippen LogP contribution in [0.25, 0.3) is 0 Å². The summed E-state index contributed by atoms with van der Waals surface area (Å²) in [5.41, 5.74) is 5.52. The SMILES string of the molecule is CS(=O)(=O)NCCCn1c(N)n[nH]c1=S. The smallest absolute Gasteiger partial charge is 0.220 e. The summed E-state index contributed by atoms with van der Waals surface area (Å²) >= 11 is 4.92. The molecule has 0 aliphatic carbocycles. The molecule has 0 atom stereocenters. The van der Waals surface area contributed by atoms with Crippen molar-refractivity contribution >= 4 is 28.2 Å². The van der Waals surface area contributed by atoms with Crippen LogP contribution in [0.15, 0.2) is 0 Å². The van der Waals surface area contributed by atoms with Gasteiger partial charge in [0.25, 0.3) is 0 Å². The van der Waals surface area contributed by atoms with E-state index < -0.39 is 10.0 Å². The molecule has 0 spiro atoms. The molecule has 0 aliphatic rings. The van der Waals surface area contributed by atoms with E-state index in [-0.39, 0.29) is 0 Å². The fourth-order valence-electron chi connectivity index (χ4n) is 1.04. The number of aromatic amines is 1. The van der Waals surface area contributed by atoms with E-state index in [4.69, 9.17) is 18.0 Å². The highest BCUT2D eigenvalue weighted by atomic mass is 32.2. The molecule has 4 N–H and O–H groups in total. The summed E-state index contributed by atoms with van der Waals surface area (Å²) in [4.78, 5) is 0. The molecule has 7 nitrogen and oxygen atoms in total. The van der Waals surface area contributed by atoms with Crippen LogP contribution in [0.3, 0.4) is 0 Å². The molecule has 0 unspecified atom stereocenters. The monoisotopic (exact) mass is 251 g/mol. The molecule has 1 aromatic heterocycles. The van der Waals surface area contributed by atoms with Gasteiger partial charge >= 0.3 is 0 Å². The first-order valence-electron chi connectivity index (χ1n) is 4.25. The average molecular weight is 251 g/mol. The van der Waals surface area contributed by atoms with Crippen molar-refractivity contribution in [3.05, 3.63) is 4.77 Å². The lowest BCUT2D eigenvalue weighted by atomic mass is 10.4. The van der Waals surface area contributed by atoms with E-state index in [0.29, 0.717) is 30.2 Å². The maximum atomic E-state index is 10.7. The third-order valence-electron chi connectivity index (χ3n) is 1.71. The predicted molar refractivity (Wildman–Crippen MR) is 59.3 cm³/mol. The Morgan fingerprint density at radius 2 is 2.33 bits per heavy atom. The number of nitrogen functional groups attached to an aromatic ring is 1. The van der Waals surface area contributed by atoms with Crippen molar-refractivity contribution in [3.8, 4) is 0 Å². The van der Waals surface area contributed by atoms with Crippen molar-refractivity contribution in [2.75, 3.05) is 18.5 Å².